The van der Waals surface area contributed by atoms with E-state index in [9.17, 15) is 0 Å². The second kappa shape index (κ2) is 13.1. The first kappa shape index (κ1) is 23.0. The van der Waals surface area contributed by atoms with Crippen molar-refractivity contribution in [3.63, 3.8) is 0 Å². The predicted molar refractivity (Wildman–Crippen MR) is 119 cm³/mol. The minimum Gasteiger partial charge on any atom is -0.357 e. The maximum absolute atomic E-state index is 4.78. The van der Waals surface area contributed by atoms with Crippen molar-refractivity contribution < 1.29 is 0 Å². The third kappa shape index (κ3) is 9.43. The van der Waals surface area contributed by atoms with Gasteiger partial charge in [-0.05, 0) is 72.6 Å². The van der Waals surface area contributed by atoms with Crippen LogP contribution in [0.1, 0.15) is 58.8 Å². The van der Waals surface area contributed by atoms with E-state index in [0.29, 0.717) is 6.04 Å². The molecule has 1 saturated heterocycles. The van der Waals surface area contributed by atoms with Crippen LogP contribution >= 0.6 is 24.0 Å². The zero-order valence-electron chi connectivity index (χ0n) is 16.6. The lowest BCUT2D eigenvalue weighted by Crippen LogP contribution is -2.40. The van der Waals surface area contributed by atoms with Gasteiger partial charge in [0.1, 0.15) is 0 Å². The summed E-state index contributed by atoms with van der Waals surface area (Å²) in [5, 5.41) is 6.89. The van der Waals surface area contributed by atoms with Crippen molar-refractivity contribution in [2.75, 3.05) is 46.3 Å². The number of nitrogens with one attached hydrogen (secondary N) is 2. The number of hydrogen-bond acceptors (Lipinski definition) is 3. The van der Waals surface area contributed by atoms with Crippen LogP contribution in [0.5, 0.6) is 0 Å². The number of likely N-dealkylation sites (N-methyl/N-ethyl adjacent to an activating group) is 1. The maximum atomic E-state index is 4.78. The molecule has 2 rings (SSSR count). The Balaban J connectivity index is 0.00000312. The van der Waals surface area contributed by atoms with Crippen molar-refractivity contribution in [2.45, 2.75) is 70.9 Å². The van der Waals surface area contributed by atoms with Crippen molar-refractivity contribution in [1.82, 2.24) is 20.4 Å². The molecule has 1 saturated carbocycles. The lowest BCUT2D eigenvalue weighted by atomic mass is 10.2. The molecular weight excluding hydrogens is 425 g/mol. The molecule has 1 heterocycles. The normalized spacial score (nSPS) is 20.7. The number of nitrogens with zero attached hydrogens (tertiary/aromatic N) is 3. The Hall–Kier alpha value is -0.0800. The Labute approximate surface area is 172 Å². The number of likely N-dealkylation sites (tertiary alicyclic amines) is 1. The molecule has 1 aliphatic heterocycles. The van der Waals surface area contributed by atoms with Crippen LogP contribution in [0.3, 0.4) is 0 Å². The van der Waals surface area contributed by atoms with E-state index in [2.05, 4.69) is 41.3 Å². The molecule has 2 fully saturated rings. The molecule has 0 aromatic rings. The summed E-state index contributed by atoms with van der Waals surface area (Å²) in [6.45, 7) is 11.0. The monoisotopic (exact) mass is 465 g/mol. The number of guanidine groups is 1. The summed E-state index contributed by atoms with van der Waals surface area (Å²) in [6, 6.07) is 1.32. The third-order valence-corrected chi connectivity index (χ3v) is 5.32. The van der Waals surface area contributed by atoms with Crippen LogP contribution in [0.4, 0.5) is 0 Å². The molecule has 0 aromatic heterocycles. The van der Waals surface area contributed by atoms with Crippen LogP contribution < -0.4 is 10.6 Å². The molecule has 148 valence electrons. The largest absolute Gasteiger partial charge is 0.357 e. The van der Waals surface area contributed by atoms with Gasteiger partial charge in [0.25, 0.3) is 0 Å². The first-order valence-corrected chi connectivity index (χ1v) is 10.2. The number of hydrogen-bond donors (Lipinski definition) is 2. The Morgan fingerprint density at radius 2 is 1.84 bits per heavy atom. The summed E-state index contributed by atoms with van der Waals surface area (Å²) >= 11 is 0. The minimum atomic E-state index is 0. The molecule has 25 heavy (non-hydrogen) atoms. The van der Waals surface area contributed by atoms with E-state index in [1.54, 1.807) is 0 Å². The summed E-state index contributed by atoms with van der Waals surface area (Å²) in [5.41, 5.74) is 0. The second-order valence-corrected chi connectivity index (χ2v) is 7.50. The van der Waals surface area contributed by atoms with Crippen LogP contribution in [0.25, 0.3) is 0 Å². The smallest absolute Gasteiger partial charge is 0.191 e. The fourth-order valence-electron chi connectivity index (χ4n) is 3.40. The van der Waals surface area contributed by atoms with Gasteiger partial charge in [0, 0.05) is 25.2 Å². The summed E-state index contributed by atoms with van der Waals surface area (Å²) in [6.07, 6.45) is 9.51. The molecule has 0 bridgehead atoms. The Bertz CT molecular complexity index is 365. The predicted octanol–water partition coefficient (Wildman–Crippen LogP) is 2.91. The van der Waals surface area contributed by atoms with E-state index < -0.39 is 0 Å². The molecule has 2 aliphatic rings. The van der Waals surface area contributed by atoms with Crippen molar-refractivity contribution in [3.8, 4) is 0 Å². The highest BCUT2D eigenvalue weighted by Gasteiger charge is 2.28. The zero-order chi connectivity index (χ0) is 17.2. The highest BCUT2D eigenvalue weighted by Crippen LogP contribution is 2.26. The molecule has 1 aliphatic carbocycles. The van der Waals surface area contributed by atoms with E-state index in [1.165, 1.54) is 64.6 Å². The Kier molecular flexibility index (Phi) is 12.1. The molecule has 0 spiro atoms. The van der Waals surface area contributed by atoms with E-state index in [1.807, 2.05) is 0 Å². The van der Waals surface area contributed by atoms with Gasteiger partial charge in [0.2, 0.25) is 0 Å². The van der Waals surface area contributed by atoms with Crippen LogP contribution in [0.2, 0.25) is 0 Å². The molecule has 0 amide bonds. The zero-order valence-corrected chi connectivity index (χ0v) is 18.9. The average molecular weight is 465 g/mol. The number of aliphatic imine (C=N–C) groups is 1. The molecule has 6 heteroatoms. The Morgan fingerprint density at radius 3 is 2.44 bits per heavy atom. The van der Waals surface area contributed by atoms with E-state index >= 15 is 0 Å². The fourth-order valence-corrected chi connectivity index (χ4v) is 3.40. The molecule has 0 radical (unpaired) electrons. The third-order valence-electron chi connectivity index (χ3n) is 5.32. The van der Waals surface area contributed by atoms with Gasteiger partial charge in [-0.2, -0.15) is 0 Å². The topological polar surface area (TPSA) is 42.9 Å². The van der Waals surface area contributed by atoms with Crippen molar-refractivity contribution in [2.24, 2.45) is 4.99 Å². The molecule has 2 N–H and O–H groups in total. The van der Waals surface area contributed by atoms with Gasteiger partial charge in [-0.1, -0.05) is 12.8 Å². The average Bonchev–Trinajstić information content (AvgIpc) is 3.42. The number of halogens is 1. The first-order chi connectivity index (χ1) is 11.7. The van der Waals surface area contributed by atoms with E-state index in [0.717, 1.165) is 31.6 Å². The highest BCUT2D eigenvalue weighted by atomic mass is 127. The van der Waals surface area contributed by atoms with Gasteiger partial charge < -0.3 is 15.5 Å². The highest BCUT2D eigenvalue weighted by molar-refractivity contribution is 14.0. The lowest BCUT2D eigenvalue weighted by Gasteiger charge is -2.23. The van der Waals surface area contributed by atoms with Crippen LogP contribution in [-0.2, 0) is 0 Å². The van der Waals surface area contributed by atoms with Gasteiger partial charge in [-0.15, -0.1) is 24.0 Å². The van der Waals surface area contributed by atoms with E-state index in [-0.39, 0.29) is 24.0 Å². The van der Waals surface area contributed by atoms with Gasteiger partial charge in [0.15, 0.2) is 5.96 Å². The molecule has 0 aromatic carbocycles. The van der Waals surface area contributed by atoms with Crippen LogP contribution in [0.15, 0.2) is 4.99 Å². The van der Waals surface area contributed by atoms with Crippen LogP contribution in [0, 0.1) is 0 Å². The van der Waals surface area contributed by atoms with Gasteiger partial charge in [-0.3, -0.25) is 9.89 Å². The molecular formula is C19H40IN5. The fraction of sp³-hybridized carbons (Fsp3) is 0.947. The summed E-state index contributed by atoms with van der Waals surface area (Å²) in [4.78, 5) is 9.89. The summed E-state index contributed by atoms with van der Waals surface area (Å²) < 4.78 is 0. The first-order valence-electron chi connectivity index (χ1n) is 10.2. The van der Waals surface area contributed by atoms with Crippen molar-refractivity contribution in [1.29, 1.82) is 0 Å². The summed E-state index contributed by atoms with van der Waals surface area (Å²) in [7, 11) is 2.24. The Morgan fingerprint density at radius 1 is 1.16 bits per heavy atom. The number of rotatable bonds is 9. The quantitative estimate of drug-likeness (QED) is 0.238. The lowest BCUT2D eigenvalue weighted by molar-refractivity contribution is 0.253. The van der Waals surface area contributed by atoms with E-state index in [4.69, 9.17) is 4.99 Å². The SMILES string of the molecule is CCNC(=NCC(C)N(C)C1CC1)NCCCN1CCCCCC1.I. The molecule has 5 nitrogen and oxygen atoms in total. The summed E-state index contributed by atoms with van der Waals surface area (Å²) in [5.74, 6) is 0.976. The van der Waals surface area contributed by atoms with Crippen molar-refractivity contribution in [3.05, 3.63) is 0 Å². The van der Waals surface area contributed by atoms with Crippen LogP contribution in [-0.4, -0.2) is 74.2 Å². The van der Waals surface area contributed by atoms with Crippen molar-refractivity contribution >= 4 is 29.9 Å². The van der Waals surface area contributed by atoms with Gasteiger partial charge in [0.05, 0.1) is 6.54 Å². The maximum Gasteiger partial charge on any atom is 0.191 e. The van der Waals surface area contributed by atoms with Gasteiger partial charge in [-0.25, -0.2) is 0 Å². The second-order valence-electron chi connectivity index (χ2n) is 7.50. The van der Waals surface area contributed by atoms with Gasteiger partial charge >= 0.3 is 0 Å². The standard InChI is InChI=1S/C19H39N5.HI/c1-4-20-19(22-16-17(2)23(3)18-10-11-18)21-12-9-15-24-13-7-5-6-8-14-24;/h17-18H,4-16H2,1-3H3,(H2,20,21,22);1H. The molecule has 1 unspecified atom stereocenters. The minimum absolute atomic E-state index is 0. The molecule has 1 atom stereocenters.